The fourth-order valence-electron chi connectivity index (χ4n) is 10.7. The molecule has 9 heteroatoms. The van der Waals surface area contributed by atoms with E-state index in [4.69, 9.17) is 18.9 Å². The summed E-state index contributed by atoms with van der Waals surface area (Å²) in [5.41, 5.74) is 0. The fourth-order valence-corrected chi connectivity index (χ4v) is 10.7. The lowest BCUT2D eigenvalue weighted by molar-refractivity contribution is -0.870. The van der Waals surface area contributed by atoms with E-state index < -0.39 is 24.3 Å². The fraction of sp³-hybridized carbons (Fsp3) is 0.633. The van der Waals surface area contributed by atoms with Gasteiger partial charge in [0.1, 0.15) is 13.2 Å². The zero-order valence-corrected chi connectivity index (χ0v) is 64.1. The Bertz CT molecular complexity index is 2290. The van der Waals surface area contributed by atoms with Crippen LogP contribution in [0.5, 0.6) is 0 Å². The molecule has 0 aliphatic carbocycles. The second kappa shape index (κ2) is 78.1. The number of carboxylic acid groups (broad SMARTS) is 1. The average molecular weight is 1370 g/mol. The molecule has 0 heterocycles. The molecule has 0 aromatic heterocycles. The van der Waals surface area contributed by atoms with Crippen LogP contribution in [-0.2, 0) is 33.3 Å². The third-order valence-corrected chi connectivity index (χ3v) is 16.7. The number of hydrogen-bond donors (Lipinski definition) is 1. The van der Waals surface area contributed by atoms with Crippen LogP contribution < -0.4 is 0 Å². The van der Waals surface area contributed by atoms with Gasteiger partial charge in [-0.25, -0.2) is 4.79 Å². The van der Waals surface area contributed by atoms with Crippen molar-refractivity contribution < 1.29 is 42.9 Å². The Morgan fingerprint density at radius 2 is 0.545 bits per heavy atom. The predicted molar refractivity (Wildman–Crippen MR) is 428 cm³/mol. The first kappa shape index (κ1) is 93.4. The van der Waals surface area contributed by atoms with Crippen LogP contribution in [0.25, 0.3) is 0 Å². The maximum atomic E-state index is 13.0. The number of carbonyl (C=O) groups excluding carboxylic acids is 2. The summed E-state index contributed by atoms with van der Waals surface area (Å²) < 4.78 is 23.0. The van der Waals surface area contributed by atoms with E-state index in [-0.39, 0.29) is 32.2 Å². The number of hydrogen-bond acceptors (Lipinski definition) is 7. The molecule has 2 atom stereocenters. The number of ether oxygens (including phenoxy) is 4. The molecule has 2 unspecified atom stereocenters. The first-order valence-electron chi connectivity index (χ1n) is 39.9. The van der Waals surface area contributed by atoms with Gasteiger partial charge in [-0.1, -0.05) is 344 Å². The first-order chi connectivity index (χ1) is 48.6. The van der Waals surface area contributed by atoms with E-state index >= 15 is 0 Å². The number of esters is 2. The topological polar surface area (TPSA) is 108 Å². The summed E-state index contributed by atoms with van der Waals surface area (Å²) in [5, 5.41) is 9.78. The van der Waals surface area contributed by atoms with Gasteiger partial charge in [0.15, 0.2) is 6.10 Å². The smallest absolute Gasteiger partial charge is 0.361 e. The van der Waals surface area contributed by atoms with Gasteiger partial charge in [-0.2, -0.15) is 0 Å². The number of aliphatic carboxylic acids is 1. The van der Waals surface area contributed by atoms with E-state index in [0.717, 1.165) is 141 Å². The molecule has 0 aromatic rings. The molecule has 0 saturated carbocycles. The van der Waals surface area contributed by atoms with Crippen LogP contribution in [0.1, 0.15) is 309 Å². The molecule has 9 nitrogen and oxygen atoms in total. The van der Waals surface area contributed by atoms with Gasteiger partial charge < -0.3 is 28.5 Å². The number of likely N-dealkylation sites (N-methyl/N-ethyl adjacent to an activating group) is 1. The van der Waals surface area contributed by atoms with Crippen molar-refractivity contribution in [2.24, 2.45) is 0 Å². The molecular weight excluding hydrogens is 1220 g/mol. The first-order valence-corrected chi connectivity index (χ1v) is 39.9. The van der Waals surface area contributed by atoms with Gasteiger partial charge in [0.05, 0.1) is 34.4 Å². The molecule has 0 aliphatic rings. The van der Waals surface area contributed by atoms with Gasteiger partial charge in [0.2, 0.25) is 0 Å². The van der Waals surface area contributed by atoms with E-state index in [0.29, 0.717) is 23.9 Å². The molecule has 560 valence electrons. The van der Waals surface area contributed by atoms with Gasteiger partial charge >= 0.3 is 17.9 Å². The van der Waals surface area contributed by atoms with Gasteiger partial charge in [-0.05, 0) is 135 Å². The molecule has 0 fully saturated rings. The third kappa shape index (κ3) is 79.6. The molecular formula is C90H148NO8+. The number of allylic oxidation sites excluding steroid dienone is 30. The molecule has 0 spiro atoms. The van der Waals surface area contributed by atoms with Crippen molar-refractivity contribution in [1.29, 1.82) is 0 Å². The third-order valence-electron chi connectivity index (χ3n) is 16.7. The van der Waals surface area contributed by atoms with Crippen LogP contribution in [0.3, 0.4) is 0 Å². The average Bonchev–Trinajstić information content (AvgIpc) is 2.62. The Kier molecular flexibility index (Phi) is 73.7. The normalized spacial score (nSPS) is 13.7. The van der Waals surface area contributed by atoms with E-state index in [1.165, 1.54) is 135 Å². The molecule has 0 aromatic carbocycles. The largest absolute Gasteiger partial charge is 0.477 e. The van der Waals surface area contributed by atoms with Gasteiger partial charge in [0.25, 0.3) is 6.29 Å². The zero-order valence-electron chi connectivity index (χ0n) is 64.1. The Balaban J connectivity index is 4.10. The molecule has 0 aliphatic heterocycles. The Morgan fingerprint density at radius 1 is 0.303 bits per heavy atom. The lowest BCUT2D eigenvalue weighted by Gasteiger charge is -2.25. The number of unbranched alkanes of at least 4 members (excludes halogenated alkanes) is 27. The van der Waals surface area contributed by atoms with Crippen molar-refractivity contribution in [3.05, 3.63) is 182 Å². The molecule has 1 N–H and O–H groups in total. The summed E-state index contributed by atoms with van der Waals surface area (Å²) in [6, 6.07) is 0. The molecule has 99 heavy (non-hydrogen) atoms. The Morgan fingerprint density at radius 3 is 0.808 bits per heavy atom. The lowest BCUT2D eigenvalue weighted by Crippen LogP contribution is -2.40. The number of rotatable bonds is 72. The summed E-state index contributed by atoms with van der Waals surface area (Å²) in [6.07, 6.45) is 116. The van der Waals surface area contributed by atoms with Crippen molar-refractivity contribution in [2.45, 2.75) is 322 Å². The summed E-state index contributed by atoms with van der Waals surface area (Å²) in [6.45, 7) is 4.65. The summed E-state index contributed by atoms with van der Waals surface area (Å²) in [5.74, 6) is -2.01. The highest BCUT2D eigenvalue weighted by Crippen LogP contribution is 2.17. The van der Waals surface area contributed by atoms with Crippen LogP contribution in [0, 0.1) is 0 Å². The molecule has 0 radical (unpaired) electrons. The van der Waals surface area contributed by atoms with Crippen molar-refractivity contribution in [3.63, 3.8) is 0 Å². The van der Waals surface area contributed by atoms with Crippen LogP contribution >= 0.6 is 0 Å². The van der Waals surface area contributed by atoms with Gasteiger partial charge in [-0.15, -0.1) is 0 Å². The lowest BCUT2D eigenvalue weighted by atomic mass is 10.0. The highest BCUT2D eigenvalue weighted by molar-refractivity contribution is 5.71. The zero-order chi connectivity index (χ0) is 71.8. The highest BCUT2D eigenvalue weighted by atomic mass is 16.7. The van der Waals surface area contributed by atoms with Crippen LogP contribution in [-0.4, -0.2) is 87.4 Å². The maximum absolute atomic E-state index is 13.0. The number of carbonyl (C=O) groups is 3. The highest BCUT2D eigenvalue weighted by Gasteiger charge is 2.25. The van der Waals surface area contributed by atoms with E-state index in [1.54, 1.807) is 0 Å². The van der Waals surface area contributed by atoms with Crippen molar-refractivity contribution in [3.8, 4) is 0 Å². The number of quaternary nitrogens is 1. The molecule has 0 rings (SSSR count). The standard InChI is InChI=1S/C90H147NO8/c1-6-8-10-12-14-16-18-20-22-24-26-28-30-32-34-36-38-40-41-42-43-44-45-46-47-49-51-53-55-57-59-61-63-65-67-69-71-73-75-77-79-81-88(93)99-86(85-98-90(89(94)95)96-83-82-91(3,4)5)84-97-87(92)80-78-76-74-72-70-68-66-64-62-60-58-56-54-52-50-48-39-37-35-33-31-29-27-25-23-21-19-17-15-13-11-9-7-2/h8-11,14-17,20-23,26-29,32-35,38,40,42-43,45-46,49,51,55,57,86,90H,6-7,12-13,18-19,24-25,30-31,36-37,39,41,44,47-48,50,52-54,56,58-85H2,1-5H3/p+1/b10-8-,11-9-,16-14-,17-15-,22-20-,23-21-,28-26-,29-27-,34-32-,35-33-,40-38-,43-42-,46-45-,51-49-,57-55-. The quantitative estimate of drug-likeness (QED) is 0.0211. The van der Waals surface area contributed by atoms with Crippen LogP contribution in [0.15, 0.2) is 182 Å². The van der Waals surface area contributed by atoms with Crippen molar-refractivity contribution in [1.82, 2.24) is 0 Å². The second-order valence-electron chi connectivity index (χ2n) is 27.3. The Labute approximate surface area is 609 Å². The maximum Gasteiger partial charge on any atom is 0.361 e. The van der Waals surface area contributed by atoms with Gasteiger partial charge in [-0.3, -0.25) is 9.59 Å². The predicted octanol–water partition coefficient (Wildman–Crippen LogP) is 25.9. The van der Waals surface area contributed by atoms with E-state index in [2.05, 4.69) is 196 Å². The molecule has 0 amide bonds. The molecule has 0 saturated heterocycles. The summed E-state index contributed by atoms with van der Waals surface area (Å²) in [4.78, 5) is 37.8. The molecule has 0 bridgehead atoms. The van der Waals surface area contributed by atoms with Crippen molar-refractivity contribution >= 4 is 17.9 Å². The number of carboxylic acids is 1. The SMILES string of the molecule is CC/C=C\C/C=C\C/C=C\C/C=C\C/C=C\C/C=C\C/C=C\C/C=C\C/C=C\C/C=C\CCCCCCCCCCCCC(=O)OC(COC(=O)CCCCCCCCCCCCCCCCCCC/C=C\C/C=C\C/C=C\C/C=C\C/C=C\CC)COC(OCC[N+](C)(C)C)C(=O)O. The minimum absolute atomic E-state index is 0.180. The second-order valence-corrected chi connectivity index (χ2v) is 27.3. The van der Waals surface area contributed by atoms with Crippen LogP contribution in [0.2, 0.25) is 0 Å². The van der Waals surface area contributed by atoms with E-state index in [9.17, 15) is 19.5 Å². The summed E-state index contributed by atoms with van der Waals surface area (Å²) in [7, 11) is 5.98. The van der Waals surface area contributed by atoms with Gasteiger partial charge in [0, 0.05) is 12.8 Å². The van der Waals surface area contributed by atoms with Crippen LogP contribution in [0.4, 0.5) is 0 Å². The van der Waals surface area contributed by atoms with Crippen molar-refractivity contribution in [2.75, 3.05) is 47.5 Å². The number of nitrogens with zero attached hydrogens (tertiary/aromatic N) is 1. The minimum Gasteiger partial charge on any atom is -0.477 e. The Hall–Kier alpha value is -5.61. The van der Waals surface area contributed by atoms with E-state index in [1.807, 2.05) is 21.1 Å². The minimum atomic E-state index is -1.52. The summed E-state index contributed by atoms with van der Waals surface area (Å²) >= 11 is 0. The monoisotopic (exact) mass is 1370 g/mol.